The third-order valence-corrected chi connectivity index (χ3v) is 9.14. The maximum absolute atomic E-state index is 13.0. The lowest BCUT2D eigenvalue weighted by Crippen LogP contribution is -2.34. The Morgan fingerprint density at radius 1 is 0.818 bits per heavy atom. The zero-order valence-electron chi connectivity index (χ0n) is 23.3. The maximum Gasteiger partial charge on any atom is 0.459 e. The standard InChI is InChI=1S/C11H10F5N3OS.C11H10F5N3S.CH4O.B/c1-7(21(2,20)19-6-17)8-3-4-9(18-5-8)10(12,13)11(14,15)16;1-7(20(2)19-6-17)8-3-4-9(18-5-8)10(12,13)11(14,15)16;1-2;/h3-5,7H,1-2H3;3-5,7H,1-2H3;2H,1H3;. The molecule has 0 amide bonds. The van der Waals surface area contributed by atoms with E-state index < -0.39 is 61.3 Å². The summed E-state index contributed by atoms with van der Waals surface area (Å²) < 4.78 is 144. The van der Waals surface area contributed by atoms with E-state index in [0.717, 1.165) is 31.6 Å². The Bertz CT molecular complexity index is 1450. The van der Waals surface area contributed by atoms with Crippen molar-refractivity contribution >= 4 is 28.8 Å². The number of nitrogens with zero attached hydrogens (tertiary/aromatic N) is 6. The summed E-state index contributed by atoms with van der Waals surface area (Å²) in [5.74, 6) is -10.1. The molecule has 0 saturated heterocycles. The minimum atomic E-state index is -5.75. The van der Waals surface area contributed by atoms with Gasteiger partial charge in [-0.15, -0.1) is 4.36 Å². The summed E-state index contributed by atoms with van der Waals surface area (Å²) in [6.07, 6.45) is -3.87. The molecule has 0 aliphatic rings. The minimum Gasteiger partial charge on any atom is -0.400 e. The molecule has 0 aliphatic heterocycles. The molecule has 1 N–H and O–H groups in total. The highest BCUT2D eigenvalue weighted by atomic mass is 32.2. The van der Waals surface area contributed by atoms with Crippen LogP contribution in [0.25, 0.3) is 0 Å². The van der Waals surface area contributed by atoms with Crippen LogP contribution in [0.15, 0.2) is 45.4 Å². The molecule has 0 aromatic carbocycles. The van der Waals surface area contributed by atoms with E-state index in [1.54, 1.807) is 19.4 Å². The Labute approximate surface area is 251 Å². The predicted molar refractivity (Wildman–Crippen MR) is 143 cm³/mol. The smallest absolute Gasteiger partial charge is 0.400 e. The Hall–Kier alpha value is -3.30. The van der Waals surface area contributed by atoms with Gasteiger partial charge in [0, 0.05) is 39.4 Å². The van der Waals surface area contributed by atoms with Gasteiger partial charge in [-0.3, -0.25) is 9.97 Å². The van der Waals surface area contributed by atoms with Crippen LogP contribution in [0.2, 0.25) is 0 Å². The van der Waals surface area contributed by atoms with Gasteiger partial charge < -0.3 is 5.11 Å². The SMILES string of the molecule is CC(c1ccc(C(F)(F)C(F)(F)F)nc1)S(C)(=O)=NC#N.CC(c1ccc(C(F)(F)C(F)(F)F)nc1)S(C)=NC#N.CO.[B]. The fraction of sp³-hybridized carbons (Fsp3) is 0.478. The molecular weight excluding hydrogens is 657 g/mol. The molecule has 0 aliphatic carbocycles. The van der Waals surface area contributed by atoms with Crippen molar-refractivity contribution in [1.82, 2.24) is 9.97 Å². The number of aromatic nitrogens is 2. The topological polar surface area (TPSA) is 135 Å². The third-order valence-electron chi connectivity index (χ3n) is 5.44. The first-order chi connectivity index (χ1) is 19.5. The lowest BCUT2D eigenvalue weighted by Gasteiger charge is -2.19. The molecule has 0 spiro atoms. The van der Waals surface area contributed by atoms with Gasteiger partial charge in [-0.05, 0) is 43.4 Å². The van der Waals surface area contributed by atoms with Crippen LogP contribution in [0, 0.1) is 22.9 Å². The minimum absolute atomic E-state index is 0. The van der Waals surface area contributed by atoms with Crippen LogP contribution in [0.1, 0.15) is 46.9 Å². The van der Waals surface area contributed by atoms with Gasteiger partial charge in [0.05, 0.1) is 15.0 Å². The lowest BCUT2D eigenvalue weighted by atomic mass is 10.1. The monoisotopic (exact) mass is 681 g/mol. The first kappa shape index (κ1) is 42.8. The van der Waals surface area contributed by atoms with E-state index in [4.69, 9.17) is 15.6 Å². The average Bonchev–Trinajstić information content (AvgIpc) is 2.92. The second-order valence-electron chi connectivity index (χ2n) is 8.15. The van der Waals surface area contributed by atoms with Gasteiger partial charge in [-0.2, -0.15) is 58.8 Å². The molecule has 8 nitrogen and oxygen atoms in total. The van der Waals surface area contributed by atoms with E-state index in [2.05, 4.69) is 18.7 Å². The van der Waals surface area contributed by atoms with E-state index in [1.165, 1.54) is 19.4 Å². The molecule has 4 unspecified atom stereocenters. The summed E-state index contributed by atoms with van der Waals surface area (Å²) in [5.41, 5.74) is -2.22. The second kappa shape index (κ2) is 16.7. The van der Waals surface area contributed by atoms with Crippen molar-refractivity contribution in [2.75, 3.05) is 19.6 Å². The summed E-state index contributed by atoms with van der Waals surface area (Å²) in [6.45, 7) is 3.09. The summed E-state index contributed by atoms with van der Waals surface area (Å²) in [5, 5.41) is 22.7. The van der Waals surface area contributed by atoms with Gasteiger partial charge in [0.1, 0.15) is 11.4 Å². The molecule has 0 bridgehead atoms. The normalized spacial score (nSPS) is 15.2. The summed E-state index contributed by atoms with van der Waals surface area (Å²) in [4.78, 5) is 6.28. The fourth-order valence-electron chi connectivity index (χ4n) is 2.71. The molecule has 44 heavy (non-hydrogen) atoms. The highest BCUT2D eigenvalue weighted by Crippen LogP contribution is 2.44. The summed E-state index contributed by atoms with van der Waals surface area (Å²) >= 11 is 0. The van der Waals surface area contributed by atoms with E-state index in [9.17, 15) is 48.1 Å². The number of hydrogen-bond donors (Lipinski definition) is 1. The van der Waals surface area contributed by atoms with Crippen molar-refractivity contribution in [1.29, 1.82) is 10.5 Å². The summed E-state index contributed by atoms with van der Waals surface area (Å²) in [7, 11) is -2.67. The highest BCUT2D eigenvalue weighted by molar-refractivity contribution is 7.93. The maximum atomic E-state index is 13.0. The Morgan fingerprint density at radius 2 is 1.20 bits per heavy atom. The average molecular weight is 681 g/mol. The number of hydrogen-bond acceptors (Lipinski definition) is 8. The van der Waals surface area contributed by atoms with Crippen LogP contribution in [-0.2, 0) is 32.3 Å². The molecular formula is C23H24BF10N6O2S2. The van der Waals surface area contributed by atoms with Crippen molar-refractivity contribution in [3.8, 4) is 12.4 Å². The van der Waals surface area contributed by atoms with Gasteiger partial charge in [0.15, 0.2) is 0 Å². The molecule has 3 radical (unpaired) electrons. The van der Waals surface area contributed by atoms with Gasteiger partial charge >= 0.3 is 24.2 Å². The van der Waals surface area contributed by atoms with E-state index in [-0.39, 0.29) is 19.2 Å². The molecule has 4 atom stereocenters. The third kappa shape index (κ3) is 10.7. The molecule has 2 aromatic heterocycles. The van der Waals surface area contributed by atoms with Gasteiger partial charge in [0.2, 0.25) is 12.4 Å². The number of rotatable bonds is 6. The zero-order valence-corrected chi connectivity index (χ0v) is 25.0. The molecule has 0 fully saturated rings. The van der Waals surface area contributed by atoms with Gasteiger partial charge in [-0.1, -0.05) is 22.8 Å². The Morgan fingerprint density at radius 3 is 1.50 bits per heavy atom. The Kier molecular flexibility index (Phi) is 16.2. The van der Waals surface area contributed by atoms with E-state index >= 15 is 0 Å². The largest absolute Gasteiger partial charge is 0.459 e. The molecule has 0 saturated carbocycles. The first-order valence-corrected chi connectivity index (χ1v) is 14.8. The number of aliphatic hydroxyl groups excluding tert-OH is 1. The number of nitriles is 2. The van der Waals surface area contributed by atoms with Crippen LogP contribution in [-0.4, -0.2) is 59.7 Å². The van der Waals surface area contributed by atoms with Crippen molar-refractivity contribution in [3.63, 3.8) is 0 Å². The van der Waals surface area contributed by atoms with E-state index in [0.29, 0.717) is 17.7 Å². The molecule has 2 rings (SSSR count). The van der Waals surface area contributed by atoms with Gasteiger partial charge in [0.25, 0.3) is 0 Å². The fourth-order valence-corrected chi connectivity index (χ4v) is 4.49. The van der Waals surface area contributed by atoms with Crippen LogP contribution in [0.5, 0.6) is 0 Å². The first-order valence-electron chi connectivity index (χ1n) is 11.1. The highest BCUT2D eigenvalue weighted by Gasteiger charge is 2.60. The van der Waals surface area contributed by atoms with Gasteiger partial charge in [-0.25, -0.2) is 4.21 Å². The number of halogens is 10. The van der Waals surface area contributed by atoms with Crippen LogP contribution in [0.4, 0.5) is 43.9 Å². The number of pyridine rings is 2. The lowest BCUT2D eigenvalue weighted by molar-refractivity contribution is -0.291. The quantitative estimate of drug-likeness (QED) is 0.216. The zero-order chi connectivity index (χ0) is 34.0. The second-order valence-corrected chi connectivity index (χ2v) is 12.7. The number of alkyl halides is 10. The Balaban J connectivity index is 0. The molecule has 243 valence electrons. The molecule has 2 heterocycles. The van der Waals surface area contributed by atoms with Crippen molar-refractivity contribution in [2.24, 2.45) is 8.73 Å². The van der Waals surface area contributed by atoms with Crippen LogP contribution in [0.3, 0.4) is 0 Å². The molecule has 2 aromatic rings. The van der Waals surface area contributed by atoms with Crippen LogP contribution >= 0.6 is 0 Å². The van der Waals surface area contributed by atoms with Crippen molar-refractivity contribution < 1.29 is 53.2 Å². The van der Waals surface area contributed by atoms with Crippen LogP contribution < -0.4 is 0 Å². The summed E-state index contributed by atoms with van der Waals surface area (Å²) in [6, 6.07) is 3.26. The van der Waals surface area contributed by atoms with Crippen molar-refractivity contribution in [3.05, 3.63) is 59.2 Å². The number of aliphatic hydroxyl groups is 1. The predicted octanol–water partition coefficient (Wildman–Crippen LogP) is 6.31. The van der Waals surface area contributed by atoms with E-state index in [1.807, 2.05) is 0 Å². The molecule has 21 heteroatoms. The van der Waals surface area contributed by atoms with Crippen molar-refractivity contribution in [2.45, 2.75) is 48.5 Å².